The summed E-state index contributed by atoms with van der Waals surface area (Å²) in [7, 11) is 0. The number of ether oxygens (including phenoxy) is 1. The number of benzene rings is 1. The van der Waals surface area contributed by atoms with E-state index in [1.807, 2.05) is 30.3 Å². The first-order valence-electron chi connectivity index (χ1n) is 4.78. The van der Waals surface area contributed by atoms with Gasteiger partial charge in [-0.2, -0.15) is 0 Å². The maximum absolute atomic E-state index is 5.56. The average molecular weight is 177 g/mol. The summed E-state index contributed by atoms with van der Waals surface area (Å²) in [6, 6.07) is 10.8. The van der Waals surface area contributed by atoms with E-state index in [0.29, 0.717) is 0 Å². The molecule has 2 rings (SSSR count). The zero-order valence-electron chi connectivity index (χ0n) is 7.94. The van der Waals surface area contributed by atoms with E-state index in [2.05, 4.69) is 11.8 Å². The van der Waals surface area contributed by atoms with Crippen LogP contribution in [0.15, 0.2) is 30.3 Å². The fourth-order valence-corrected chi connectivity index (χ4v) is 1.40. The van der Waals surface area contributed by atoms with Crippen LogP contribution in [0.25, 0.3) is 0 Å². The molecule has 1 aliphatic rings. The number of hydrogen-bond acceptors (Lipinski definition) is 2. The summed E-state index contributed by atoms with van der Waals surface area (Å²) in [5.41, 5.74) is 0. The quantitative estimate of drug-likeness (QED) is 0.650. The molecule has 1 unspecified atom stereocenters. The lowest BCUT2D eigenvalue weighted by atomic mass is 10.3. The van der Waals surface area contributed by atoms with Gasteiger partial charge in [0.15, 0.2) is 0 Å². The lowest BCUT2D eigenvalue weighted by Crippen LogP contribution is -2.11. The first-order valence-corrected chi connectivity index (χ1v) is 4.78. The van der Waals surface area contributed by atoms with Gasteiger partial charge < -0.3 is 4.74 Å². The van der Waals surface area contributed by atoms with Gasteiger partial charge in [-0.25, -0.2) is 0 Å². The van der Waals surface area contributed by atoms with Gasteiger partial charge in [-0.1, -0.05) is 18.2 Å². The highest BCUT2D eigenvalue weighted by Gasteiger charge is 2.27. The molecule has 2 nitrogen and oxygen atoms in total. The van der Waals surface area contributed by atoms with E-state index < -0.39 is 0 Å². The van der Waals surface area contributed by atoms with Crippen LogP contribution in [-0.2, 0) is 0 Å². The summed E-state index contributed by atoms with van der Waals surface area (Å²) in [5.74, 6) is 0.969. The van der Waals surface area contributed by atoms with E-state index >= 15 is 0 Å². The molecule has 0 aliphatic carbocycles. The predicted molar refractivity (Wildman–Crippen MR) is 53.0 cm³/mol. The van der Waals surface area contributed by atoms with Crippen molar-refractivity contribution in [2.45, 2.75) is 13.0 Å². The smallest absolute Gasteiger partial charge is 0.119 e. The highest BCUT2D eigenvalue weighted by atomic mass is 16.5. The Morgan fingerprint density at radius 1 is 1.38 bits per heavy atom. The minimum Gasteiger partial charge on any atom is -0.492 e. The van der Waals surface area contributed by atoms with Crippen LogP contribution in [0.4, 0.5) is 0 Å². The molecule has 13 heavy (non-hydrogen) atoms. The van der Waals surface area contributed by atoms with Crippen molar-refractivity contribution in [3.63, 3.8) is 0 Å². The minimum atomic E-state index is 0.777. The SMILES string of the molecule is C[C@@H]1CN1CCOc1ccccc1. The maximum atomic E-state index is 5.56. The Balaban J connectivity index is 1.68. The zero-order chi connectivity index (χ0) is 9.10. The summed E-state index contributed by atoms with van der Waals surface area (Å²) in [6.07, 6.45) is 0. The molecule has 1 saturated heterocycles. The molecule has 1 aromatic rings. The lowest BCUT2D eigenvalue weighted by molar-refractivity contribution is 0.287. The Labute approximate surface area is 79.1 Å². The van der Waals surface area contributed by atoms with Gasteiger partial charge >= 0.3 is 0 Å². The molecule has 2 heteroatoms. The second kappa shape index (κ2) is 3.79. The van der Waals surface area contributed by atoms with Crippen LogP contribution in [-0.4, -0.2) is 30.6 Å². The van der Waals surface area contributed by atoms with Crippen molar-refractivity contribution in [1.82, 2.24) is 4.90 Å². The Morgan fingerprint density at radius 2 is 2.08 bits per heavy atom. The minimum absolute atomic E-state index is 0.777. The molecule has 1 aliphatic heterocycles. The van der Waals surface area contributed by atoms with Crippen molar-refractivity contribution in [2.75, 3.05) is 19.7 Å². The Hall–Kier alpha value is -1.02. The van der Waals surface area contributed by atoms with Gasteiger partial charge in [0, 0.05) is 19.1 Å². The molecule has 0 spiro atoms. The van der Waals surface area contributed by atoms with E-state index in [0.717, 1.165) is 24.9 Å². The number of hydrogen-bond donors (Lipinski definition) is 0. The number of nitrogens with zero attached hydrogens (tertiary/aromatic N) is 1. The third-order valence-corrected chi connectivity index (χ3v) is 2.38. The summed E-state index contributed by atoms with van der Waals surface area (Å²) in [5, 5.41) is 0. The molecule has 1 aromatic carbocycles. The van der Waals surface area contributed by atoms with Crippen molar-refractivity contribution in [1.29, 1.82) is 0 Å². The standard InChI is InChI=1S/C11H15NO/c1-10-9-12(10)7-8-13-11-5-3-2-4-6-11/h2-6,10H,7-9H2,1H3/t10-,12?/m1/s1. The zero-order valence-corrected chi connectivity index (χ0v) is 7.94. The van der Waals surface area contributed by atoms with E-state index in [1.54, 1.807) is 0 Å². The molecule has 1 heterocycles. The summed E-state index contributed by atoms with van der Waals surface area (Å²) in [6.45, 7) is 5.32. The molecule has 0 bridgehead atoms. The second-order valence-electron chi connectivity index (χ2n) is 3.51. The molecule has 0 saturated carbocycles. The third-order valence-electron chi connectivity index (χ3n) is 2.38. The van der Waals surface area contributed by atoms with Crippen LogP contribution in [0.1, 0.15) is 6.92 Å². The van der Waals surface area contributed by atoms with E-state index in [9.17, 15) is 0 Å². The normalized spacial score (nSPS) is 25.6. The van der Waals surface area contributed by atoms with Crippen molar-refractivity contribution < 1.29 is 4.74 Å². The topological polar surface area (TPSA) is 12.2 Å². The van der Waals surface area contributed by atoms with Crippen molar-refractivity contribution >= 4 is 0 Å². The van der Waals surface area contributed by atoms with Gasteiger partial charge in [-0.05, 0) is 19.1 Å². The molecular formula is C11H15NO. The molecule has 2 atom stereocenters. The van der Waals surface area contributed by atoms with Gasteiger partial charge in [0.05, 0.1) is 0 Å². The molecule has 0 N–H and O–H groups in total. The first-order chi connectivity index (χ1) is 6.36. The fraction of sp³-hybridized carbons (Fsp3) is 0.455. The fourth-order valence-electron chi connectivity index (χ4n) is 1.40. The third kappa shape index (κ3) is 2.46. The highest BCUT2D eigenvalue weighted by molar-refractivity contribution is 5.20. The number of para-hydroxylation sites is 1. The Kier molecular flexibility index (Phi) is 2.50. The second-order valence-corrected chi connectivity index (χ2v) is 3.51. The largest absolute Gasteiger partial charge is 0.492 e. The maximum Gasteiger partial charge on any atom is 0.119 e. The predicted octanol–water partition coefficient (Wildman–Crippen LogP) is 1.77. The Bertz CT molecular complexity index is 260. The van der Waals surface area contributed by atoms with Crippen LogP contribution in [0, 0.1) is 0 Å². The molecule has 0 amide bonds. The monoisotopic (exact) mass is 177 g/mol. The highest BCUT2D eigenvalue weighted by Crippen LogP contribution is 2.15. The first kappa shape index (κ1) is 8.57. The van der Waals surface area contributed by atoms with Crippen molar-refractivity contribution in [3.05, 3.63) is 30.3 Å². The molecule has 0 radical (unpaired) electrons. The van der Waals surface area contributed by atoms with E-state index in [1.165, 1.54) is 6.54 Å². The van der Waals surface area contributed by atoms with Crippen LogP contribution in [0.5, 0.6) is 5.75 Å². The van der Waals surface area contributed by atoms with E-state index in [-0.39, 0.29) is 0 Å². The average Bonchev–Trinajstić information content (AvgIpc) is 2.84. The van der Waals surface area contributed by atoms with Crippen LogP contribution < -0.4 is 4.74 Å². The summed E-state index contributed by atoms with van der Waals surface area (Å²) >= 11 is 0. The lowest BCUT2D eigenvalue weighted by Gasteiger charge is -2.05. The number of rotatable bonds is 4. The van der Waals surface area contributed by atoms with Crippen LogP contribution in [0.3, 0.4) is 0 Å². The molecular weight excluding hydrogens is 162 g/mol. The van der Waals surface area contributed by atoms with E-state index in [4.69, 9.17) is 4.74 Å². The van der Waals surface area contributed by atoms with Gasteiger partial charge in [0.2, 0.25) is 0 Å². The van der Waals surface area contributed by atoms with Gasteiger partial charge in [-0.15, -0.1) is 0 Å². The summed E-state index contributed by atoms with van der Waals surface area (Å²) in [4.78, 5) is 2.39. The molecule has 70 valence electrons. The van der Waals surface area contributed by atoms with Gasteiger partial charge in [0.1, 0.15) is 12.4 Å². The summed E-state index contributed by atoms with van der Waals surface area (Å²) < 4.78 is 5.56. The van der Waals surface area contributed by atoms with Crippen molar-refractivity contribution in [3.8, 4) is 5.75 Å². The molecule has 1 fully saturated rings. The molecule has 0 aromatic heterocycles. The van der Waals surface area contributed by atoms with Gasteiger partial charge in [-0.3, -0.25) is 4.90 Å². The van der Waals surface area contributed by atoms with Crippen molar-refractivity contribution in [2.24, 2.45) is 0 Å². The van der Waals surface area contributed by atoms with Crippen LogP contribution >= 0.6 is 0 Å². The van der Waals surface area contributed by atoms with Gasteiger partial charge in [0.25, 0.3) is 0 Å². The Morgan fingerprint density at radius 3 is 2.69 bits per heavy atom. The van der Waals surface area contributed by atoms with Crippen LogP contribution in [0.2, 0.25) is 0 Å².